The van der Waals surface area contributed by atoms with E-state index in [2.05, 4.69) is 16.8 Å². The second kappa shape index (κ2) is 6.36. The number of carbonyl (C=O) groups is 1. The Hall–Kier alpha value is -2.08. The normalized spacial score (nSPS) is 18.2. The molecule has 1 atom stereocenters. The number of fused-ring (bicyclic) bond motifs is 1. The molecule has 1 aliphatic heterocycles. The number of carbonyl (C=O) groups excluding carboxylic acids is 1. The van der Waals surface area contributed by atoms with E-state index >= 15 is 0 Å². The Morgan fingerprint density at radius 3 is 3.05 bits per heavy atom. The average Bonchev–Trinajstić information content (AvgIpc) is 3.15. The molecule has 0 unspecified atom stereocenters. The maximum absolute atomic E-state index is 12.4. The van der Waals surface area contributed by atoms with Crippen molar-refractivity contribution in [3.05, 3.63) is 41.9 Å². The van der Waals surface area contributed by atoms with Gasteiger partial charge in [-0.15, -0.1) is 0 Å². The van der Waals surface area contributed by atoms with Gasteiger partial charge in [-0.2, -0.15) is 0 Å². The first-order valence-electron chi connectivity index (χ1n) is 7.66. The highest BCUT2D eigenvalue weighted by Crippen LogP contribution is 2.30. The summed E-state index contributed by atoms with van der Waals surface area (Å²) in [5.74, 6) is -0.450. The summed E-state index contributed by atoms with van der Waals surface area (Å²) in [4.78, 5) is 19.1. The van der Waals surface area contributed by atoms with Crippen LogP contribution in [-0.2, 0) is 29.2 Å². The molecule has 118 valence electrons. The molecule has 0 N–H and O–H groups in total. The zero-order chi connectivity index (χ0) is 15.5. The topological polar surface area (TPSA) is 60.5 Å². The van der Waals surface area contributed by atoms with Crippen LogP contribution in [0.25, 0.3) is 0 Å². The van der Waals surface area contributed by atoms with Crippen LogP contribution in [0.15, 0.2) is 29.3 Å². The number of hydrogen-bond acceptors (Lipinski definition) is 5. The van der Waals surface area contributed by atoms with Gasteiger partial charge in [0.2, 0.25) is 0 Å². The van der Waals surface area contributed by atoms with Gasteiger partial charge in [-0.25, -0.2) is 4.98 Å². The highest BCUT2D eigenvalue weighted by atomic mass is 16.5. The fraction of sp³-hybridized carbons (Fsp3) is 0.500. The van der Waals surface area contributed by atoms with Crippen LogP contribution >= 0.6 is 0 Å². The largest absolute Gasteiger partial charge is 0.472 e. The molecule has 6 nitrogen and oxygen atoms in total. The van der Waals surface area contributed by atoms with E-state index in [-0.39, 0.29) is 11.9 Å². The van der Waals surface area contributed by atoms with Gasteiger partial charge in [0.05, 0.1) is 36.8 Å². The number of nitrogens with zero attached hydrogens (tertiary/aromatic N) is 3. The number of esters is 1. The van der Waals surface area contributed by atoms with E-state index in [1.807, 2.05) is 23.9 Å². The van der Waals surface area contributed by atoms with Gasteiger partial charge < -0.3 is 13.7 Å². The monoisotopic (exact) mass is 303 g/mol. The van der Waals surface area contributed by atoms with Crippen molar-refractivity contribution in [1.29, 1.82) is 0 Å². The Labute approximate surface area is 129 Å². The minimum atomic E-state index is -0.280. The molecule has 3 heterocycles. The van der Waals surface area contributed by atoms with Crippen LogP contribution in [-0.4, -0.2) is 33.6 Å². The molecule has 0 amide bonds. The maximum Gasteiger partial charge on any atom is 0.316 e. The Morgan fingerprint density at radius 1 is 1.50 bits per heavy atom. The van der Waals surface area contributed by atoms with Crippen LogP contribution in [0.4, 0.5) is 0 Å². The molecule has 6 heteroatoms. The molecule has 2 aromatic heterocycles. The minimum absolute atomic E-state index is 0.171. The zero-order valence-electron chi connectivity index (χ0n) is 13.0. The van der Waals surface area contributed by atoms with E-state index in [9.17, 15) is 4.79 Å². The smallest absolute Gasteiger partial charge is 0.316 e. The number of imidazole rings is 1. The van der Waals surface area contributed by atoms with Crippen molar-refractivity contribution in [2.75, 3.05) is 13.2 Å². The molecule has 0 saturated heterocycles. The maximum atomic E-state index is 12.4. The van der Waals surface area contributed by atoms with Gasteiger partial charge in [0.1, 0.15) is 5.92 Å². The van der Waals surface area contributed by atoms with Crippen LogP contribution in [0.3, 0.4) is 0 Å². The van der Waals surface area contributed by atoms with E-state index in [1.54, 1.807) is 12.5 Å². The SMILES string of the molecule is CCOC(=O)[C@H]1CN(Cc2ccoc2)Cc2ncn(CC)c21. The number of aryl methyl sites for hydroxylation is 1. The lowest BCUT2D eigenvalue weighted by Gasteiger charge is -2.31. The summed E-state index contributed by atoms with van der Waals surface area (Å²) >= 11 is 0. The number of furan rings is 1. The summed E-state index contributed by atoms with van der Waals surface area (Å²) in [5, 5.41) is 0. The van der Waals surface area contributed by atoms with E-state index in [0.717, 1.165) is 36.6 Å². The second-order valence-corrected chi connectivity index (χ2v) is 5.47. The molecule has 22 heavy (non-hydrogen) atoms. The lowest BCUT2D eigenvalue weighted by molar-refractivity contribution is -0.146. The molecular weight excluding hydrogens is 282 g/mol. The molecule has 0 spiro atoms. The van der Waals surface area contributed by atoms with Gasteiger partial charge in [-0.3, -0.25) is 9.69 Å². The summed E-state index contributed by atoms with van der Waals surface area (Å²) in [6.45, 7) is 7.22. The minimum Gasteiger partial charge on any atom is -0.472 e. The predicted molar refractivity (Wildman–Crippen MR) is 80.1 cm³/mol. The molecule has 3 rings (SSSR count). The summed E-state index contributed by atoms with van der Waals surface area (Å²) in [6.07, 6.45) is 5.22. The molecule has 0 bridgehead atoms. The zero-order valence-corrected chi connectivity index (χ0v) is 13.0. The molecule has 1 aliphatic rings. The molecule has 0 fully saturated rings. The van der Waals surface area contributed by atoms with E-state index in [4.69, 9.17) is 9.15 Å². The number of hydrogen-bond donors (Lipinski definition) is 0. The van der Waals surface area contributed by atoms with Crippen molar-refractivity contribution in [2.24, 2.45) is 0 Å². The van der Waals surface area contributed by atoms with Crippen LogP contribution in [0.2, 0.25) is 0 Å². The summed E-state index contributed by atoms with van der Waals surface area (Å²) in [7, 11) is 0. The van der Waals surface area contributed by atoms with Crippen LogP contribution in [0, 0.1) is 0 Å². The molecular formula is C16H21N3O3. The number of ether oxygens (including phenoxy) is 1. The third-order valence-electron chi connectivity index (χ3n) is 4.00. The molecule has 2 aromatic rings. The summed E-state index contributed by atoms with van der Waals surface area (Å²) < 4.78 is 12.4. The van der Waals surface area contributed by atoms with Gasteiger partial charge >= 0.3 is 5.97 Å². The average molecular weight is 303 g/mol. The Morgan fingerprint density at radius 2 is 2.36 bits per heavy atom. The van der Waals surface area contributed by atoms with Crippen molar-refractivity contribution < 1.29 is 13.9 Å². The first kappa shape index (κ1) is 14.8. The Kier molecular flexibility index (Phi) is 4.29. The Bertz CT molecular complexity index is 633. The van der Waals surface area contributed by atoms with Crippen LogP contribution in [0.1, 0.15) is 36.7 Å². The van der Waals surface area contributed by atoms with Crippen molar-refractivity contribution in [3.63, 3.8) is 0 Å². The van der Waals surface area contributed by atoms with Crippen molar-refractivity contribution in [1.82, 2.24) is 14.5 Å². The third-order valence-corrected chi connectivity index (χ3v) is 4.00. The van der Waals surface area contributed by atoms with Gasteiger partial charge in [0, 0.05) is 31.7 Å². The van der Waals surface area contributed by atoms with Gasteiger partial charge in [0.15, 0.2) is 0 Å². The second-order valence-electron chi connectivity index (χ2n) is 5.47. The van der Waals surface area contributed by atoms with E-state index in [1.165, 1.54) is 0 Å². The highest BCUT2D eigenvalue weighted by Gasteiger charge is 2.35. The first-order valence-corrected chi connectivity index (χ1v) is 7.66. The molecule has 0 aliphatic carbocycles. The lowest BCUT2D eigenvalue weighted by Crippen LogP contribution is -2.38. The van der Waals surface area contributed by atoms with Gasteiger partial charge in [-0.1, -0.05) is 0 Å². The van der Waals surface area contributed by atoms with E-state index in [0.29, 0.717) is 13.2 Å². The molecule has 0 aromatic carbocycles. The quantitative estimate of drug-likeness (QED) is 0.792. The Balaban J connectivity index is 1.86. The highest BCUT2D eigenvalue weighted by molar-refractivity contribution is 5.78. The first-order chi connectivity index (χ1) is 10.7. The van der Waals surface area contributed by atoms with Crippen molar-refractivity contribution in [2.45, 2.75) is 39.4 Å². The van der Waals surface area contributed by atoms with Crippen LogP contribution in [0.5, 0.6) is 0 Å². The van der Waals surface area contributed by atoms with Gasteiger partial charge in [0.25, 0.3) is 0 Å². The summed E-state index contributed by atoms with van der Waals surface area (Å²) in [6, 6.07) is 1.94. The van der Waals surface area contributed by atoms with Gasteiger partial charge in [-0.05, 0) is 19.9 Å². The predicted octanol–water partition coefficient (Wildman–Crippen LogP) is 2.16. The fourth-order valence-electron chi connectivity index (χ4n) is 3.02. The third kappa shape index (κ3) is 2.78. The van der Waals surface area contributed by atoms with Crippen molar-refractivity contribution >= 4 is 5.97 Å². The fourth-order valence-corrected chi connectivity index (χ4v) is 3.02. The number of rotatable bonds is 5. The van der Waals surface area contributed by atoms with E-state index < -0.39 is 0 Å². The summed E-state index contributed by atoms with van der Waals surface area (Å²) in [5.41, 5.74) is 3.07. The van der Waals surface area contributed by atoms with Crippen LogP contribution < -0.4 is 0 Å². The number of aromatic nitrogens is 2. The molecule has 0 saturated carbocycles. The standard InChI is InChI=1S/C16H21N3O3/c1-3-19-11-17-14-9-18(7-12-5-6-21-10-12)8-13(15(14)19)16(20)22-4-2/h5-6,10-11,13H,3-4,7-9H2,1-2H3/t13-/m0/s1. The molecule has 0 radical (unpaired) electrons. The van der Waals surface area contributed by atoms with Crippen molar-refractivity contribution in [3.8, 4) is 0 Å². The lowest BCUT2D eigenvalue weighted by atomic mass is 9.97.